The lowest BCUT2D eigenvalue weighted by molar-refractivity contribution is 0.0603. The predicted octanol–water partition coefficient (Wildman–Crippen LogP) is 3.78. The highest BCUT2D eigenvalue weighted by Gasteiger charge is 2.28. The van der Waals surface area contributed by atoms with Crippen molar-refractivity contribution in [2.24, 2.45) is 0 Å². The van der Waals surface area contributed by atoms with E-state index in [1.807, 2.05) is 41.5 Å². The second kappa shape index (κ2) is 8.81. The van der Waals surface area contributed by atoms with Gasteiger partial charge in [-0.25, -0.2) is 4.98 Å². The molecule has 2 unspecified atom stereocenters. The molecule has 1 aromatic heterocycles. The monoisotopic (exact) mass is 387 g/mol. The van der Waals surface area contributed by atoms with Crippen LogP contribution >= 0.6 is 36.2 Å². The highest BCUT2D eigenvalue weighted by molar-refractivity contribution is 7.09. The van der Waals surface area contributed by atoms with Crippen LogP contribution in [0.1, 0.15) is 29.2 Å². The number of piperazine rings is 1. The quantitative estimate of drug-likeness (QED) is 0.852. The lowest BCUT2D eigenvalue weighted by Gasteiger charge is -2.38. The molecule has 1 amide bonds. The van der Waals surface area contributed by atoms with E-state index in [0.29, 0.717) is 6.04 Å². The van der Waals surface area contributed by atoms with Gasteiger partial charge in [-0.1, -0.05) is 12.1 Å². The van der Waals surface area contributed by atoms with Crippen LogP contribution in [0.5, 0.6) is 0 Å². The molecular formula is C17H23Cl2N3OS. The Kier molecular flexibility index (Phi) is 7.67. The topological polar surface area (TPSA) is 45.2 Å². The Balaban J connectivity index is 0.00000144. The Morgan fingerprint density at radius 1 is 1.33 bits per heavy atom. The van der Waals surface area contributed by atoms with Gasteiger partial charge in [0.15, 0.2) is 0 Å². The van der Waals surface area contributed by atoms with E-state index >= 15 is 0 Å². The Hall–Kier alpha value is -1.14. The lowest BCUT2D eigenvalue weighted by atomic mass is 10.0. The number of halogens is 2. The molecule has 24 heavy (non-hydrogen) atoms. The van der Waals surface area contributed by atoms with E-state index in [-0.39, 0.29) is 36.8 Å². The van der Waals surface area contributed by atoms with Gasteiger partial charge in [0.05, 0.1) is 10.7 Å². The SMILES string of the molecule is Cc1nc(-c2cccc(C(=O)N3CCNC(C)C3C)c2)cs1.Cl.Cl. The fourth-order valence-electron chi connectivity index (χ4n) is 2.82. The number of carbonyl (C=O) groups is 1. The second-order valence-electron chi connectivity index (χ2n) is 5.81. The fourth-order valence-corrected chi connectivity index (χ4v) is 3.44. The van der Waals surface area contributed by atoms with Crippen molar-refractivity contribution in [2.75, 3.05) is 13.1 Å². The van der Waals surface area contributed by atoms with E-state index in [1.54, 1.807) is 11.3 Å². The number of aromatic nitrogens is 1. The standard InChI is InChI=1S/C17H21N3OS.2ClH/c1-11-12(2)20(8-7-18-11)17(21)15-6-4-5-14(9-15)16-10-22-13(3)19-16;;/h4-6,9-12,18H,7-8H2,1-3H3;2*1H. The van der Waals surface area contributed by atoms with Crippen LogP contribution in [-0.4, -0.2) is 41.0 Å². The van der Waals surface area contributed by atoms with Gasteiger partial charge in [0.25, 0.3) is 5.91 Å². The van der Waals surface area contributed by atoms with Gasteiger partial charge in [-0.05, 0) is 32.9 Å². The molecule has 0 bridgehead atoms. The smallest absolute Gasteiger partial charge is 0.254 e. The van der Waals surface area contributed by atoms with E-state index in [9.17, 15) is 4.79 Å². The summed E-state index contributed by atoms with van der Waals surface area (Å²) in [6.07, 6.45) is 0. The number of aryl methyl sites for hydroxylation is 1. The Morgan fingerprint density at radius 3 is 2.75 bits per heavy atom. The first kappa shape index (κ1) is 20.9. The van der Waals surface area contributed by atoms with Crippen molar-refractivity contribution >= 4 is 42.1 Å². The molecule has 3 rings (SSSR count). The molecule has 0 aliphatic carbocycles. The first-order valence-corrected chi connectivity index (χ1v) is 8.51. The number of nitrogens with one attached hydrogen (secondary N) is 1. The largest absolute Gasteiger partial charge is 0.333 e. The van der Waals surface area contributed by atoms with Crippen LogP contribution in [0.3, 0.4) is 0 Å². The van der Waals surface area contributed by atoms with Crippen LogP contribution in [0.2, 0.25) is 0 Å². The summed E-state index contributed by atoms with van der Waals surface area (Å²) in [5.74, 6) is 0.106. The summed E-state index contributed by atoms with van der Waals surface area (Å²) >= 11 is 1.63. The van der Waals surface area contributed by atoms with Crippen molar-refractivity contribution in [1.29, 1.82) is 0 Å². The third-order valence-corrected chi connectivity index (χ3v) is 5.09. The number of thiazole rings is 1. The van der Waals surface area contributed by atoms with Crippen molar-refractivity contribution < 1.29 is 4.79 Å². The van der Waals surface area contributed by atoms with Crippen molar-refractivity contribution in [2.45, 2.75) is 32.9 Å². The summed E-state index contributed by atoms with van der Waals surface area (Å²) in [5.41, 5.74) is 2.69. The lowest BCUT2D eigenvalue weighted by Crippen LogP contribution is -2.57. The fraction of sp³-hybridized carbons (Fsp3) is 0.412. The number of hydrogen-bond acceptors (Lipinski definition) is 4. The maximum atomic E-state index is 12.8. The molecule has 0 spiro atoms. The molecule has 7 heteroatoms. The third kappa shape index (κ3) is 4.28. The van der Waals surface area contributed by atoms with Crippen LogP contribution in [0.25, 0.3) is 11.3 Å². The third-order valence-electron chi connectivity index (χ3n) is 4.32. The Bertz CT molecular complexity index is 692. The van der Waals surface area contributed by atoms with Crippen LogP contribution in [0.15, 0.2) is 29.6 Å². The van der Waals surface area contributed by atoms with Crippen molar-refractivity contribution in [3.05, 3.63) is 40.2 Å². The average Bonchev–Trinajstić information content (AvgIpc) is 2.96. The molecule has 1 aliphatic rings. The molecule has 1 N–H and O–H groups in total. The number of nitrogens with zero attached hydrogens (tertiary/aromatic N) is 2. The zero-order valence-corrected chi connectivity index (χ0v) is 16.4. The van der Waals surface area contributed by atoms with Gasteiger partial charge in [0, 0.05) is 41.7 Å². The first-order valence-electron chi connectivity index (χ1n) is 7.63. The van der Waals surface area contributed by atoms with Crippen LogP contribution < -0.4 is 5.32 Å². The number of rotatable bonds is 2. The zero-order valence-electron chi connectivity index (χ0n) is 14.0. The molecule has 1 aliphatic heterocycles. The minimum Gasteiger partial charge on any atom is -0.333 e. The highest BCUT2D eigenvalue weighted by Crippen LogP contribution is 2.23. The molecule has 2 heterocycles. The zero-order chi connectivity index (χ0) is 15.7. The molecule has 1 fully saturated rings. The molecule has 2 atom stereocenters. The minimum absolute atomic E-state index is 0. The number of hydrogen-bond donors (Lipinski definition) is 1. The van der Waals surface area contributed by atoms with Gasteiger partial charge < -0.3 is 10.2 Å². The first-order chi connectivity index (χ1) is 10.6. The second-order valence-corrected chi connectivity index (χ2v) is 6.88. The van der Waals surface area contributed by atoms with Crippen molar-refractivity contribution in [1.82, 2.24) is 15.2 Å². The number of amides is 1. The summed E-state index contributed by atoms with van der Waals surface area (Å²) in [6.45, 7) is 7.82. The van der Waals surface area contributed by atoms with Crippen LogP contribution in [0.4, 0.5) is 0 Å². The van der Waals surface area contributed by atoms with Gasteiger partial charge in [-0.15, -0.1) is 36.2 Å². The molecular weight excluding hydrogens is 365 g/mol. The summed E-state index contributed by atoms with van der Waals surface area (Å²) in [7, 11) is 0. The van der Waals surface area contributed by atoms with Crippen LogP contribution in [0, 0.1) is 6.92 Å². The van der Waals surface area contributed by atoms with E-state index in [1.165, 1.54) is 0 Å². The summed E-state index contributed by atoms with van der Waals surface area (Å²) in [6, 6.07) is 8.32. The minimum atomic E-state index is 0. The van der Waals surface area contributed by atoms with E-state index in [2.05, 4.69) is 24.1 Å². The highest BCUT2D eigenvalue weighted by atomic mass is 35.5. The van der Waals surface area contributed by atoms with Gasteiger partial charge >= 0.3 is 0 Å². The van der Waals surface area contributed by atoms with Gasteiger partial charge in [-0.3, -0.25) is 4.79 Å². The summed E-state index contributed by atoms with van der Waals surface area (Å²) in [4.78, 5) is 19.3. The normalized spacial score (nSPS) is 20.0. The maximum Gasteiger partial charge on any atom is 0.254 e. The Labute approximate surface area is 159 Å². The number of benzene rings is 1. The summed E-state index contributed by atoms with van der Waals surface area (Å²) in [5, 5.41) is 6.48. The molecule has 132 valence electrons. The van der Waals surface area contributed by atoms with Crippen molar-refractivity contribution in [3.8, 4) is 11.3 Å². The average molecular weight is 388 g/mol. The van der Waals surface area contributed by atoms with E-state index in [4.69, 9.17) is 0 Å². The molecule has 4 nitrogen and oxygen atoms in total. The summed E-state index contributed by atoms with van der Waals surface area (Å²) < 4.78 is 0. The van der Waals surface area contributed by atoms with Gasteiger partial charge in [-0.2, -0.15) is 0 Å². The molecule has 0 saturated carbocycles. The molecule has 2 aromatic rings. The van der Waals surface area contributed by atoms with E-state index in [0.717, 1.165) is 34.9 Å². The van der Waals surface area contributed by atoms with E-state index < -0.39 is 0 Å². The van der Waals surface area contributed by atoms with Crippen molar-refractivity contribution in [3.63, 3.8) is 0 Å². The predicted molar refractivity (Wildman–Crippen MR) is 105 cm³/mol. The molecule has 1 aromatic carbocycles. The van der Waals surface area contributed by atoms with Gasteiger partial charge in [0.1, 0.15) is 0 Å². The van der Waals surface area contributed by atoms with Crippen LogP contribution in [-0.2, 0) is 0 Å². The molecule has 1 saturated heterocycles. The molecule has 0 radical (unpaired) electrons. The maximum absolute atomic E-state index is 12.8. The van der Waals surface area contributed by atoms with Gasteiger partial charge in [0.2, 0.25) is 0 Å². The Morgan fingerprint density at radius 2 is 2.08 bits per heavy atom. The number of carbonyl (C=O) groups excluding carboxylic acids is 1.